The number of rotatable bonds is 11. The van der Waals surface area contributed by atoms with E-state index in [9.17, 15) is 29.4 Å². The number of halogens is 1. The van der Waals surface area contributed by atoms with E-state index in [-0.39, 0.29) is 39.8 Å². The van der Waals surface area contributed by atoms with Crippen molar-refractivity contribution in [1.29, 1.82) is 0 Å². The first kappa shape index (κ1) is 29.6. The van der Waals surface area contributed by atoms with Gasteiger partial charge >= 0.3 is 5.97 Å². The van der Waals surface area contributed by atoms with E-state index in [1.165, 1.54) is 36.4 Å². The van der Waals surface area contributed by atoms with Crippen LogP contribution in [0.15, 0.2) is 97.1 Å². The van der Waals surface area contributed by atoms with Crippen LogP contribution in [0.5, 0.6) is 17.2 Å². The average Bonchev–Trinajstić information content (AvgIpc) is 2.98. The summed E-state index contributed by atoms with van der Waals surface area (Å²) < 4.78 is 5.79. The number of aliphatic carboxylic acids is 1. The second kappa shape index (κ2) is 13.8. The Balaban J connectivity index is 1.37. The summed E-state index contributed by atoms with van der Waals surface area (Å²) in [6.07, 6.45) is 0. The Kier molecular flexibility index (Phi) is 9.75. The molecule has 3 amide bonds. The smallest absolute Gasteiger partial charge is 0.328 e. The number of aromatic hydroxyl groups is 1. The van der Waals surface area contributed by atoms with Crippen molar-refractivity contribution in [2.24, 2.45) is 0 Å². The fourth-order valence-electron chi connectivity index (χ4n) is 3.88. The molecule has 42 heavy (non-hydrogen) atoms. The van der Waals surface area contributed by atoms with E-state index < -0.39 is 36.3 Å². The van der Waals surface area contributed by atoms with Crippen LogP contribution in [0.4, 0.5) is 0 Å². The highest BCUT2D eigenvalue weighted by atomic mass is 35.5. The maximum absolute atomic E-state index is 12.9. The molecule has 214 valence electrons. The number of phenols is 1. The number of ether oxygens (including phenoxy) is 1. The fraction of sp³-hybridized carbons (Fsp3) is 0.0968. The number of hydrogen-bond donors (Lipinski definition) is 5. The molecule has 0 radical (unpaired) electrons. The van der Waals surface area contributed by atoms with E-state index >= 15 is 0 Å². The van der Waals surface area contributed by atoms with Crippen LogP contribution in [0, 0.1) is 0 Å². The SMILES string of the molecule is O=C(NCc1cccc(O)c1)c1ccc(C(=O)N[C@@H](CNC(=O)c2ccccc2Oc2ccccc2)C(=O)O)c(Cl)c1. The molecule has 0 aliphatic heterocycles. The maximum Gasteiger partial charge on any atom is 0.328 e. The molecule has 0 aromatic heterocycles. The van der Waals surface area contributed by atoms with Crippen LogP contribution in [0.25, 0.3) is 0 Å². The first-order valence-electron chi connectivity index (χ1n) is 12.7. The van der Waals surface area contributed by atoms with Gasteiger partial charge in [0.25, 0.3) is 17.7 Å². The predicted octanol–water partition coefficient (Wildman–Crippen LogP) is 4.38. The topological polar surface area (TPSA) is 154 Å². The monoisotopic (exact) mass is 587 g/mol. The molecule has 0 saturated heterocycles. The highest BCUT2D eigenvalue weighted by Gasteiger charge is 2.24. The van der Waals surface area contributed by atoms with Crippen LogP contribution in [0.1, 0.15) is 36.6 Å². The number of hydrogen-bond acceptors (Lipinski definition) is 6. The largest absolute Gasteiger partial charge is 0.508 e. The number of carboxylic acids is 1. The van der Waals surface area contributed by atoms with E-state index in [1.54, 1.807) is 54.6 Å². The van der Waals surface area contributed by atoms with Gasteiger partial charge in [-0.2, -0.15) is 0 Å². The summed E-state index contributed by atoms with van der Waals surface area (Å²) in [5.41, 5.74) is 0.984. The van der Waals surface area contributed by atoms with Gasteiger partial charge < -0.3 is 30.9 Å². The molecule has 4 aromatic rings. The summed E-state index contributed by atoms with van der Waals surface area (Å²) in [5.74, 6) is -2.38. The zero-order valence-corrected chi connectivity index (χ0v) is 22.8. The Hall–Kier alpha value is -5.35. The molecule has 0 heterocycles. The van der Waals surface area contributed by atoms with Crippen molar-refractivity contribution in [2.45, 2.75) is 12.6 Å². The van der Waals surface area contributed by atoms with Gasteiger partial charge in [-0.15, -0.1) is 0 Å². The van der Waals surface area contributed by atoms with Gasteiger partial charge in [0.05, 0.1) is 16.1 Å². The first-order chi connectivity index (χ1) is 20.2. The van der Waals surface area contributed by atoms with Gasteiger partial charge in [-0.3, -0.25) is 14.4 Å². The van der Waals surface area contributed by atoms with E-state index in [2.05, 4.69) is 16.0 Å². The lowest BCUT2D eigenvalue weighted by molar-refractivity contribution is -0.139. The number of para-hydroxylation sites is 2. The van der Waals surface area contributed by atoms with Crippen LogP contribution in [-0.2, 0) is 11.3 Å². The molecule has 4 rings (SSSR count). The third-order valence-corrected chi connectivity index (χ3v) is 6.33. The Morgan fingerprint density at radius 3 is 2.21 bits per heavy atom. The lowest BCUT2D eigenvalue weighted by atomic mass is 10.1. The maximum atomic E-state index is 12.9. The molecule has 0 aliphatic carbocycles. The number of carboxylic acid groups (broad SMARTS) is 1. The summed E-state index contributed by atoms with van der Waals surface area (Å²) in [6.45, 7) is -0.269. The standard InChI is InChI=1S/C31H26ClN3O7/c32-25-16-20(28(37)33-17-19-7-6-8-21(36)15-19)13-14-23(25)30(39)35-26(31(40)41)18-34-29(38)24-11-4-5-12-27(24)42-22-9-2-1-3-10-22/h1-16,26,36H,17-18H2,(H,33,37)(H,34,38)(H,35,39)(H,40,41)/t26-/m0/s1. The minimum absolute atomic E-state index is 0.0552. The molecule has 11 heteroatoms. The van der Waals surface area contributed by atoms with Crippen molar-refractivity contribution in [1.82, 2.24) is 16.0 Å². The number of nitrogens with one attached hydrogen (secondary N) is 3. The van der Waals surface area contributed by atoms with Crippen LogP contribution in [-0.4, -0.2) is 46.5 Å². The molecule has 0 spiro atoms. The Labute approximate surface area is 245 Å². The third kappa shape index (κ3) is 7.86. The summed E-state index contributed by atoms with van der Waals surface area (Å²) in [5, 5.41) is 26.7. The zero-order chi connectivity index (χ0) is 30.1. The van der Waals surface area contributed by atoms with Crippen molar-refractivity contribution in [2.75, 3.05) is 6.54 Å². The van der Waals surface area contributed by atoms with Crippen LogP contribution >= 0.6 is 11.6 Å². The van der Waals surface area contributed by atoms with Gasteiger partial charge in [0, 0.05) is 18.7 Å². The number of carbonyl (C=O) groups is 4. The first-order valence-corrected chi connectivity index (χ1v) is 13.1. The molecule has 10 nitrogen and oxygen atoms in total. The lowest BCUT2D eigenvalue weighted by Gasteiger charge is -2.17. The fourth-order valence-corrected chi connectivity index (χ4v) is 4.14. The van der Waals surface area contributed by atoms with Crippen molar-refractivity contribution in [3.63, 3.8) is 0 Å². The van der Waals surface area contributed by atoms with Gasteiger partial charge in [0.15, 0.2) is 0 Å². The van der Waals surface area contributed by atoms with Gasteiger partial charge in [0.1, 0.15) is 23.3 Å². The molecule has 0 fully saturated rings. The summed E-state index contributed by atoms with van der Waals surface area (Å²) >= 11 is 6.26. The summed E-state index contributed by atoms with van der Waals surface area (Å²) in [6, 6.07) is 24.2. The molecule has 0 bridgehead atoms. The van der Waals surface area contributed by atoms with Gasteiger partial charge in [-0.05, 0) is 60.2 Å². The second-order valence-electron chi connectivity index (χ2n) is 9.03. The normalized spacial score (nSPS) is 11.2. The van der Waals surface area contributed by atoms with Crippen molar-refractivity contribution < 1.29 is 34.1 Å². The summed E-state index contributed by atoms with van der Waals surface area (Å²) in [7, 11) is 0. The molecule has 0 saturated carbocycles. The summed E-state index contributed by atoms with van der Waals surface area (Å²) in [4.78, 5) is 50.2. The highest BCUT2D eigenvalue weighted by Crippen LogP contribution is 2.25. The van der Waals surface area contributed by atoms with E-state index in [0.717, 1.165) is 0 Å². The van der Waals surface area contributed by atoms with Gasteiger partial charge in [-0.1, -0.05) is 54.1 Å². The van der Waals surface area contributed by atoms with Crippen molar-refractivity contribution in [3.8, 4) is 17.2 Å². The molecular weight excluding hydrogens is 562 g/mol. The number of amides is 3. The Morgan fingerprint density at radius 1 is 0.762 bits per heavy atom. The van der Waals surface area contributed by atoms with Crippen LogP contribution < -0.4 is 20.7 Å². The zero-order valence-electron chi connectivity index (χ0n) is 22.0. The van der Waals surface area contributed by atoms with Gasteiger partial charge in [0.2, 0.25) is 0 Å². The molecule has 5 N–H and O–H groups in total. The third-order valence-electron chi connectivity index (χ3n) is 6.01. The van der Waals surface area contributed by atoms with Crippen molar-refractivity contribution in [3.05, 3.63) is 124 Å². The molecule has 0 unspecified atom stereocenters. The van der Waals surface area contributed by atoms with Crippen LogP contribution in [0.2, 0.25) is 5.02 Å². The number of phenolic OH excluding ortho intramolecular Hbond substituents is 1. The van der Waals surface area contributed by atoms with Crippen LogP contribution in [0.3, 0.4) is 0 Å². The number of benzene rings is 4. The molecular formula is C31H26ClN3O7. The van der Waals surface area contributed by atoms with E-state index in [0.29, 0.717) is 11.3 Å². The van der Waals surface area contributed by atoms with Crippen molar-refractivity contribution >= 4 is 35.3 Å². The lowest BCUT2D eigenvalue weighted by Crippen LogP contribution is -2.48. The quantitative estimate of drug-likeness (QED) is 0.174. The van der Waals surface area contributed by atoms with Gasteiger partial charge in [-0.25, -0.2) is 4.79 Å². The predicted molar refractivity (Wildman–Crippen MR) is 155 cm³/mol. The minimum atomic E-state index is -1.48. The Morgan fingerprint density at radius 2 is 1.50 bits per heavy atom. The van der Waals surface area contributed by atoms with E-state index in [4.69, 9.17) is 16.3 Å². The van der Waals surface area contributed by atoms with E-state index in [1.807, 2.05) is 6.07 Å². The Bertz CT molecular complexity index is 1610. The minimum Gasteiger partial charge on any atom is -0.508 e. The average molecular weight is 588 g/mol. The molecule has 1 atom stereocenters. The second-order valence-corrected chi connectivity index (χ2v) is 9.44. The molecule has 0 aliphatic rings. The molecule has 4 aromatic carbocycles. The highest BCUT2D eigenvalue weighted by molar-refractivity contribution is 6.34. The number of carbonyl (C=O) groups excluding carboxylic acids is 3.